The molecule has 6 heteroatoms. The maximum Gasteiger partial charge on any atom is 0.413 e. The Hall–Kier alpha value is -1.69. The highest BCUT2D eigenvalue weighted by molar-refractivity contribution is 7.99. The molecule has 114 valence electrons. The number of pyridine rings is 1. The van der Waals surface area contributed by atoms with Crippen LogP contribution in [0.3, 0.4) is 0 Å². The second kappa shape index (κ2) is 5.97. The average molecular weight is 307 g/mol. The third-order valence-corrected chi connectivity index (χ3v) is 3.58. The molecule has 1 N–H and O–H groups in total. The van der Waals surface area contributed by atoms with Gasteiger partial charge in [0.15, 0.2) is 5.82 Å². The van der Waals surface area contributed by atoms with Gasteiger partial charge in [0.05, 0.1) is 0 Å². The lowest BCUT2D eigenvalue weighted by atomic mass is 10.2. The second-order valence-electron chi connectivity index (χ2n) is 5.76. The summed E-state index contributed by atoms with van der Waals surface area (Å²) < 4.78 is 7.28. The first kappa shape index (κ1) is 15.7. The molecular formula is C15H21N3O2S. The van der Waals surface area contributed by atoms with Gasteiger partial charge in [-0.2, -0.15) is 0 Å². The van der Waals surface area contributed by atoms with Crippen LogP contribution >= 0.6 is 11.8 Å². The van der Waals surface area contributed by atoms with E-state index in [0.29, 0.717) is 5.82 Å². The van der Waals surface area contributed by atoms with E-state index >= 15 is 0 Å². The van der Waals surface area contributed by atoms with E-state index in [4.69, 9.17) is 4.74 Å². The van der Waals surface area contributed by atoms with Crippen molar-refractivity contribution in [3.63, 3.8) is 0 Å². The maximum absolute atomic E-state index is 11.9. The molecule has 0 saturated carbocycles. The third-order valence-electron chi connectivity index (χ3n) is 2.62. The van der Waals surface area contributed by atoms with Crippen molar-refractivity contribution in [1.82, 2.24) is 9.38 Å². The number of thioether (sulfide) groups is 1. The van der Waals surface area contributed by atoms with Crippen molar-refractivity contribution in [2.75, 3.05) is 11.1 Å². The Labute approximate surface area is 129 Å². The van der Waals surface area contributed by atoms with Gasteiger partial charge >= 0.3 is 6.09 Å². The summed E-state index contributed by atoms with van der Waals surface area (Å²) >= 11 is 1.64. The number of carbonyl (C=O) groups excluding carboxylic acids is 1. The number of amides is 1. The summed E-state index contributed by atoms with van der Waals surface area (Å²) in [6.07, 6.45) is 1.53. The maximum atomic E-state index is 11.9. The normalized spacial score (nSPS) is 11.7. The van der Waals surface area contributed by atoms with Crippen LogP contribution in [0.2, 0.25) is 0 Å². The van der Waals surface area contributed by atoms with Gasteiger partial charge in [0.2, 0.25) is 0 Å². The van der Waals surface area contributed by atoms with Gasteiger partial charge in [-0.3, -0.25) is 9.72 Å². The van der Waals surface area contributed by atoms with Crippen LogP contribution in [-0.2, 0) is 4.74 Å². The molecule has 21 heavy (non-hydrogen) atoms. The topological polar surface area (TPSA) is 55.6 Å². The molecule has 5 nitrogen and oxygen atoms in total. The van der Waals surface area contributed by atoms with Crippen molar-refractivity contribution in [3.8, 4) is 0 Å². The van der Waals surface area contributed by atoms with Gasteiger partial charge in [-0.25, -0.2) is 9.78 Å². The van der Waals surface area contributed by atoms with Crippen molar-refractivity contribution in [2.45, 2.75) is 45.2 Å². The van der Waals surface area contributed by atoms with Crippen LogP contribution in [0.25, 0.3) is 5.65 Å². The summed E-state index contributed by atoms with van der Waals surface area (Å²) in [7, 11) is 0. The fourth-order valence-electron chi connectivity index (χ4n) is 1.89. The molecule has 0 unspecified atom stereocenters. The highest BCUT2D eigenvalue weighted by atomic mass is 32.2. The number of nitrogens with one attached hydrogen (secondary N) is 1. The van der Waals surface area contributed by atoms with Crippen molar-refractivity contribution in [3.05, 3.63) is 23.9 Å². The van der Waals surface area contributed by atoms with E-state index in [1.54, 1.807) is 11.8 Å². The zero-order valence-corrected chi connectivity index (χ0v) is 13.9. The molecule has 2 rings (SSSR count). The highest BCUT2D eigenvalue weighted by Crippen LogP contribution is 2.28. The number of anilines is 1. The molecule has 0 aliphatic carbocycles. The van der Waals surface area contributed by atoms with E-state index in [-0.39, 0.29) is 0 Å². The highest BCUT2D eigenvalue weighted by Gasteiger charge is 2.20. The van der Waals surface area contributed by atoms with Gasteiger partial charge in [-0.1, -0.05) is 13.0 Å². The van der Waals surface area contributed by atoms with Crippen LogP contribution in [0, 0.1) is 6.92 Å². The van der Waals surface area contributed by atoms with Gasteiger partial charge in [0.25, 0.3) is 0 Å². The zero-order valence-electron chi connectivity index (χ0n) is 13.1. The number of hydrogen-bond acceptors (Lipinski definition) is 4. The SMILES string of the molecule is CCSc1c(NC(=O)OC(C)(C)C)nc2ccc(C)cn12. The summed E-state index contributed by atoms with van der Waals surface area (Å²) in [6, 6.07) is 3.94. The monoisotopic (exact) mass is 307 g/mol. The molecule has 0 spiro atoms. The van der Waals surface area contributed by atoms with Crippen molar-refractivity contribution in [2.24, 2.45) is 0 Å². The minimum absolute atomic E-state index is 0.486. The molecule has 2 aromatic rings. The van der Waals surface area contributed by atoms with Crippen molar-refractivity contribution < 1.29 is 9.53 Å². The minimum Gasteiger partial charge on any atom is -0.444 e. The molecule has 2 aromatic heterocycles. The molecule has 0 radical (unpaired) electrons. The number of aryl methyl sites for hydroxylation is 1. The predicted octanol–water partition coefficient (Wildman–Crippen LogP) is 4.10. The van der Waals surface area contributed by atoms with Crippen LogP contribution in [0.4, 0.5) is 10.6 Å². The summed E-state index contributed by atoms with van der Waals surface area (Å²) in [4.78, 5) is 16.4. The smallest absolute Gasteiger partial charge is 0.413 e. The molecule has 1 amide bonds. The van der Waals surface area contributed by atoms with Gasteiger partial charge < -0.3 is 4.74 Å². The lowest BCUT2D eigenvalue weighted by molar-refractivity contribution is 0.0635. The summed E-state index contributed by atoms with van der Waals surface area (Å²) in [5, 5.41) is 3.67. The summed E-state index contributed by atoms with van der Waals surface area (Å²) in [6.45, 7) is 9.60. The number of ether oxygens (including phenoxy) is 1. The van der Waals surface area contributed by atoms with Crippen LogP contribution < -0.4 is 5.32 Å². The summed E-state index contributed by atoms with van der Waals surface area (Å²) in [5.41, 5.74) is 1.42. The first-order valence-corrected chi connectivity index (χ1v) is 7.90. The van der Waals surface area contributed by atoms with Crippen LogP contribution in [0.1, 0.15) is 33.3 Å². The number of nitrogens with zero attached hydrogens (tertiary/aromatic N) is 2. The Bertz CT molecular complexity index is 659. The van der Waals surface area contributed by atoms with Crippen molar-refractivity contribution >= 4 is 29.3 Å². The summed E-state index contributed by atoms with van der Waals surface area (Å²) in [5.74, 6) is 1.44. The standard InChI is InChI=1S/C15H21N3O2S/c1-6-21-13-12(17-14(19)20-15(3,4)5)16-11-8-7-10(2)9-18(11)13/h7-9H,6H2,1-5H3,(H,17,19). The number of imidazole rings is 1. The Kier molecular flexibility index (Phi) is 4.46. The fourth-order valence-corrected chi connectivity index (χ4v) is 2.68. The molecule has 2 heterocycles. The molecular weight excluding hydrogens is 286 g/mol. The minimum atomic E-state index is -0.530. The Morgan fingerprint density at radius 2 is 2.14 bits per heavy atom. The third kappa shape index (κ3) is 3.91. The van der Waals surface area contributed by atoms with Gasteiger partial charge in [0, 0.05) is 6.20 Å². The lowest BCUT2D eigenvalue weighted by Crippen LogP contribution is -2.27. The zero-order chi connectivity index (χ0) is 15.6. The van der Waals surface area contributed by atoms with Crippen LogP contribution in [-0.4, -0.2) is 26.8 Å². The average Bonchev–Trinajstić information content (AvgIpc) is 2.65. The first-order chi connectivity index (χ1) is 9.80. The van der Waals surface area contributed by atoms with Crippen molar-refractivity contribution in [1.29, 1.82) is 0 Å². The predicted molar refractivity (Wildman–Crippen MR) is 86.2 cm³/mol. The molecule has 0 fully saturated rings. The first-order valence-electron chi connectivity index (χ1n) is 6.91. The lowest BCUT2D eigenvalue weighted by Gasteiger charge is -2.19. The number of fused-ring (bicyclic) bond motifs is 1. The van der Waals surface area contributed by atoms with E-state index in [2.05, 4.69) is 17.2 Å². The molecule has 0 bridgehead atoms. The van der Waals surface area contributed by atoms with E-state index in [0.717, 1.165) is 22.0 Å². The number of rotatable bonds is 3. The molecule has 0 aromatic carbocycles. The Morgan fingerprint density at radius 3 is 2.76 bits per heavy atom. The van der Waals surface area contributed by atoms with Gasteiger partial charge in [-0.05, 0) is 45.1 Å². The fraction of sp³-hybridized carbons (Fsp3) is 0.467. The quantitative estimate of drug-likeness (QED) is 0.867. The van der Waals surface area contributed by atoms with Crippen LogP contribution in [0.5, 0.6) is 0 Å². The Morgan fingerprint density at radius 1 is 1.43 bits per heavy atom. The van der Waals surface area contributed by atoms with E-state index in [9.17, 15) is 4.79 Å². The molecule has 0 aliphatic heterocycles. The second-order valence-corrected chi connectivity index (χ2v) is 7.01. The largest absolute Gasteiger partial charge is 0.444 e. The molecule has 0 aliphatic rings. The number of hydrogen-bond donors (Lipinski definition) is 1. The number of aromatic nitrogens is 2. The van der Waals surface area contributed by atoms with E-state index in [1.165, 1.54) is 0 Å². The number of carbonyl (C=O) groups is 1. The van der Waals surface area contributed by atoms with Gasteiger partial charge in [-0.15, -0.1) is 11.8 Å². The van der Waals surface area contributed by atoms with E-state index in [1.807, 2.05) is 50.4 Å². The molecule has 0 saturated heterocycles. The Balaban J connectivity index is 2.34. The van der Waals surface area contributed by atoms with Gasteiger partial charge in [0.1, 0.15) is 16.3 Å². The van der Waals surface area contributed by atoms with E-state index < -0.39 is 11.7 Å². The van der Waals surface area contributed by atoms with Crippen LogP contribution in [0.15, 0.2) is 23.4 Å². The molecule has 0 atom stereocenters.